The zero-order chi connectivity index (χ0) is 14.2. The quantitative estimate of drug-likeness (QED) is 0.908. The van der Waals surface area contributed by atoms with E-state index in [1.807, 2.05) is 13.8 Å². The molecule has 0 atom stereocenters. The summed E-state index contributed by atoms with van der Waals surface area (Å²) in [6, 6.07) is 7.55. The van der Waals surface area contributed by atoms with Gasteiger partial charge in [-0.1, -0.05) is 31.4 Å². The Morgan fingerprint density at radius 1 is 1.20 bits per heavy atom. The Labute approximate surface area is 122 Å². The molecule has 1 heterocycles. The van der Waals surface area contributed by atoms with Crippen LogP contribution in [0.1, 0.15) is 57.1 Å². The van der Waals surface area contributed by atoms with Crippen LogP contribution < -0.4 is 4.90 Å². The molecule has 0 bridgehead atoms. The second-order valence-electron chi connectivity index (χ2n) is 7.19. The SMILES string of the molecule is CC(C)(O)Cc1ccc2c(c1)N(C1CCCCC1)CC2. The van der Waals surface area contributed by atoms with Gasteiger partial charge in [0.25, 0.3) is 0 Å². The third kappa shape index (κ3) is 3.01. The van der Waals surface area contributed by atoms with Crippen molar-refractivity contribution in [2.24, 2.45) is 0 Å². The first-order valence-corrected chi connectivity index (χ1v) is 8.14. The maximum absolute atomic E-state index is 10.0. The number of aliphatic hydroxyl groups is 1. The second-order valence-corrected chi connectivity index (χ2v) is 7.19. The van der Waals surface area contributed by atoms with Crippen LogP contribution in [0.25, 0.3) is 0 Å². The van der Waals surface area contributed by atoms with Crippen molar-refractivity contribution in [1.82, 2.24) is 0 Å². The van der Waals surface area contributed by atoms with Gasteiger partial charge in [-0.05, 0) is 50.3 Å². The zero-order valence-electron chi connectivity index (χ0n) is 12.9. The van der Waals surface area contributed by atoms with Gasteiger partial charge >= 0.3 is 0 Å². The molecule has 1 aliphatic carbocycles. The molecule has 2 nitrogen and oxygen atoms in total. The van der Waals surface area contributed by atoms with Crippen LogP contribution in [0.4, 0.5) is 5.69 Å². The lowest BCUT2D eigenvalue weighted by Gasteiger charge is -2.33. The first-order valence-electron chi connectivity index (χ1n) is 8.14. The van der Waals surface area contributed by atoms with E-state index in [9.17, 15) is 5.11 Å². The Kier molecular flexibility index (Phi) is 3.76. The number of fused-ring (bicyclic) bond motifs is 1. The molecule has 1 aromatic carbocycles. The van der Waals surface area contributed by atoms with Crippen LogP contribution in [0, 0.1) is 0 Å². The maximum Gasteiger partial charge on any atom is 0.0631 e. The molecular weight excluding hydrogens is 246 g/mol. The third-order valence-electron chi connectivity index (χ3n) is 4.73. The van der Waals surface area contributed by atoms with Crippen LogP contribution >= 0.6 is 0 Å². The van der Waals surface area contributed by atoms with E-state index in [4.69, 9.17) is 0 Å². The summed E-state index contributed by atoms with van der Waals surface area (Å²) < 4.78 is 0. The summed E-state index contributed by atoms with van der Waals surface area (Å²) in [6.07, 6.45) is 8.83. The van der Waals surface area contributed by atoms with E-state index < -0.39 is 5.60 Å². The Bertz CT molecular complexity index is 469. The molecule has 0 amide bonds. The molecule has 0 spiro atoms. The number of rotatable bonds is 3. The van der Waals surface area contributed by atoms with Gasteiger partial charge in [0.2, 0.25) is 0 Å². The average molecular weight is 273 g/mol. The van der Waals surface area contributed by atoms with Crippen LogP contribution in [-0.4, -0.2) is 23.3 Å². The molecule has 1 fully saturated rings. The van der Waals surface area contributed by atoms with Gasteiger partial charge in [0.15, 0.2) is 0 Å². The van der Waals surface area contributed by atoms with Crippen LogP contribution in [0.2, 0.25) is 0 Å². The topological polar surface area (TPSA) is 23.5 Å². The molecule has 110 valence electrons. The molecule has 0 aromatic heterocycles. The minimum absolute atomic E-state index is 0.623. The normalized spacial score (nSPS) is 20.2. The summed E-state index contributed by atoms with van der Waals surface area (Å²) in [7, 11) is 0. The maximum atomic E-state index is 10.0. The highest BCUT2D eigenvalue weighted by Gasteiger charge is 2.27. The molecule has 1 saturated carbocycles. The highest BCUT2D eigenvalue weighted by molar-refractivity contribution is 5.60. The molecule has 2 aliphatic rings. The predicted octanol–water partition coefficient (Wildman–Crippen LogP) is 3.70. The third-order valence-corrected chi connectivity index (χ3v) is 4.73. The van der Waals surface area contributed by atoms with Crippen molar-refractivity contribution < 1.29 is 5.11 Å². The standard InChI is InChI=1S/C18H27NO/c1-18(2,20)13-14-8-9-15-10-11-19(17(15)12-14)16-6-4-3-5-7-16/h8-9,12,16,20H,3-7,10-11,13H2,1-2H3. The number of benzene rings is 1. The number of nitrogens with zero attached hydrogens (tertiary/aromatic N) is 1. The average Bonchev–Trinajstić information content (AvgIpc) is 2.81. The summed E-state index contributed by atoms with van der Waals surface area (Å²) in [5.74, 6) is 0. The van der Waals surface area contributed by atoms with Gasteiger partial charge in [0, 0.05) is 24.7 Å². The van der Waals surface area contributed by atoms with E-state index in [1.165, 1.54) is 61.9 Å². The zero-order valence-corrected chi connectivity index (χ0v) is 12.9. The summed E-state index contributed by atoms with van der Waals surface area (Å²) in [4.78, 5) is 2.64. The van der Waals surface area contributed by atoms with Gasteiger partial charge in [-0.2, -0.15) is 0 Å². The number of hydrogen-bond donors (Lipinski definition) is 1. The van der Waals surface area contributed by atoms with Gasteiger partial charge in [0.1, 0.15) is 0 Å². The van der Waals surface area contributed by atoms with E-state index in [2.05, 4.69) is 23.1 Å². The molecule has 0 saturated heterocycles. The fourth-order valence-corrected chi connectivity index (χ4v) is 3.83. The molecule has 2 heteroatoms. The van der Waals surface area contributed by atoms with Crippen molar-refractivity contribution in [2.75, 3.05) is 11.4 Å². The Balaban J connectivity index is 1.81. The van der Waals surface area contributed by atoms with Crippen molar-refractivity contribution in [1.29, 1.82) is 0 Å². The highest BCUT2D eigenvalue weighted by Crippen LogP contribution is 2.35. The highest BCUT2D eigenvalue weighted by atomic mass is 16.3. The summed E-state index contributed by atoms with van der Waals surface area (Å²) >= 11 is 0. The lowest BCUT2D eigenvalue weighted by molar-refractivity contribution is 0.0810. The van der Waals surface area contributed by atoms with Gasteiger partial charge < -0.3 is 10.0 Å². The Hall–Kier alpha value is -1.02. The number of anilines is 1. The predicted molar refractivity (Wildman–Crippen MR) is 84.4 cm³/mol. The monoisotopic (exact) mass is 273 g/mol. The van der Waals surface area contributed by atoms with E-state index in [-0.39, 0.29) is 0 Å². The van der Waals surface area contributed by atoms with Crippen molar-refractivity contribution in [2.45, 2.75) is 70.4 Å². The summed E-state index contributed by atoms with van der Waals surface area (Å²) in [5, 5.41) is 10.0. The molecule has 0 radical (unpaired) electrons. The van der Waals surface area contributed by atoms with Gasteiger partial charge in [-0.3, -0.25) is 0 Å². The smallest absolute Gasteiger partial charge is 0.0631 e. The molecule has 3 rings (SSSR count). The fourth-order valence-electron chi connectivity index (χ4n) is 3.83. The fraction of sp³-hybridized carbons (Fsp3) is 0.667. The van der Waals surface area contributed by atoms with Crippen molar-refractivity contribution >= 4 is 5.69 Å². The van der Waals surface area contributed by atoms with Crippen LogP contribution in [0.5, 0.6) is 0 Å². The van der Waals surface area contributed by atoms with Crippen LogP contribution in [0.3, 0.4) is 0 Å². The molecule has 1 aromatic rings. The van der Waals surface area contributed by atoms with Crippen LogP contribution in [0.15, 0.2) is 18.2 Å². The van der Waals surface area contributed by atoms with E-state index in [0.717, 1.165) is 12.5 Å². The van der Waals surface area contributed by atoms with E-state index in [0.29, 0.717) is 0 Å². The van der Waals surface area contributed by atoms with Crippen molar-refractivity contribution in [3.8, 4) is 0 Å². The summed E-state index contributed by atoms with van der Waals surface area (Å²) in [6.45, 7) is 4.96. The van der Waals surface area contributed by atoms with Crippen molar-refractivity contribution in [3.63, 3.8) is 0 Å². The minimum Gasteiger partial charge on any atom is -0.390 e. The Morgan fingerprint density at radius 3 is 2.65 bits per heavy atom. The largest absolute Gasteiger partial charge is 0.390 e. The molecule has 20 heavy (non-hydrogen) atoms. The molecule has 1 N–H and O–H groups in total. The lowest BCUT2D eigenvalue weighted by atomic mass is 9.93. The van der Waals surface area contributed by atoms with E-state index >= 15 is 0 Å². The first kappa shape index (κ1) is 13.9. The molecule has 1 aliphatic heterocycles. The summed E-state index contributed by atoms with van der Waals surface area (Å²) in [5.41, 5.74) is 3.58. The van der Waals surface area contributed by atoms with Crippen molar-refractivity contribution in [3.05, 3.63) is 29.3 Å². The minimum atomic E-state index is -0.623. The number of hydrogen-bond acceptors (Lipinski definition) is 2. The first-order chi connectivity index (χ1) is 9.53. The Morgan fingerprint density at radius 2 is 1.95 bits per heavy atom. The van der Waals surface area contributed by atoms with Gasteiger partial charge in [0.05, 0.1) is 5.60 Å². The molecule has 0 unspecified atom stereocenters. The van der Waals surface area contributed by atoms with Crippen LogP contribution in [-0.2, 0) is 12.8 Å². The van der Waals surface area contributed by atoms with E-state index in [1.54, 1.807) is 0 Å². The second kappa shape index (κ2) is 5.40. The van der Waals surface area contributed by atoms with Gasteiger partial charge in [-0.15, -0.1) is 0 Å². The lowest BCUT2D eigenvalue weighted by Crippen LogP contribution is -2.35. The molecular formula is C18H27NO. The van der Waals surface area contributed by atoms with Gasteiger partial charge in [-0.25, -0.2) is 0 Å².